The second-order valence-electron chi connectivity index (χ2n) is 6.33. The zero-order chi connectivity index (χ0) is 16.5. The number of unbranched alkanes of at least 4 members (excludes halogenated alkanes) is 3. The highest BCUT2D eigenvalue weighted by molar-refractivity contribution is 5.76. The molecule has 1 amide bonds. The highest BCUT2D eigenvalue weighted by atomic mass is 16.2. The molecule has 1 fully saturated rings. The molecule has 128 valence electrons. The SMILES string of the molecule is CC(c1cccnc1)N1CCN(C(=O)CCCCCCN)CC1. The molecule has 0 bridgehead atoms. The fourth-order valence-corrected chi connectivity index (χ4v) is 3.12. The van der Waals surface area contributed by atoms with E-state index in [1.165, 1.54) is 5.56 Å². The molecule has 1 aromatic rings. The Kier molecular flexibility index (Phi) is 7.49. The van der Waals surface area contributed by atoms with E-state index >= 15 is 0 Å². The van der Waals surface area contributed by atoms with Crippen molar-refractivity contribution >= 4 is 5.91 Å². The van der Waals surface area contributed by atoms with Crippen LogP contribution in [0.2, 0.25) is 0 Å². The zero-order valence-electron chi connectivity index (χ0n) is 14.3. The molecule has 1 aliphatic heterocycles. The van der Waals surface area contributed by atoms with Crippen LogP contribution in [-0.4, -0.2) is 53.4 Å². The monoisotopic (exact) mass is 318 g/mol. The van der Waals surface area contributed by atoms with E-state index in [9.17, 15) is 4.79 Å². The van der Waals surface area contributed by atoms with Gasteiger partial charge in [-0.1, -0.05) is 18.9 Å². The molecule has 0 spiro atoms. The number of piperazine rings is 1. The van der Waals surface area contributed by atoms with Crippen molar-refractivity contribution in [2.24, 2.45) is 5.73 Å². The number of amides is 1. The molecule has 23 heavy (non-hydrogen) atoms. The van der Waals surface area contributed by atoms with Gasteiger partial charge in [-0.3, -0.25) is 14.7 Å². The maximum absolute atomic E-state index is 12.3. The van der Waals surface area contributed by atoms with Crippen molar-refractivity contribution in [2.45, 2.75) is 45.1 Å². The number of carbonyl (C=O) groups excluding carboxylic acids is 1. The number of aromatic nitrogens is 1. The molecule has 2 rings (SSSR count). The molecule has 0 aromatic carbocycles. The smallest absolute Gasteiger partial charge is 0.222 e. The van der Waals surface area contributed by atoms with E-state index in [1.807, 2.05) is 17.2 Å². The number of pyridine rings is 1. The summed E-state index contributed by atoms with van der Waals surface area (Å²) in [6.07, 6.45) is 8.73. The molecule has 1 atom stereocenters. The highest BCUT2D eigenvalue weighted by Gasteiger charge is 2.24. The molecule has 2 N–H and O–H groups in total. The predicted octanol–water partition coefficient (Wildman–Crippen LogP) is 2.20. The molecular formula is C18H30N4O. The Labute approximate surface area is 139 Å². The number of hydrogen-bond donors (Lipinski definition) is 1. The van der Waals surface area contributed by atoms with E-state index in [-0.39, 0.29) is 0 Å². The average molecular weight is 318 g/mol. The van der Waals surface area contributed by atoms with Crippen LogP contribution >= 0.6 is 0 Å². The van der Waals surface area contributed by atoms with E-state index in [0.29, 0.717) is 18.4 Å². The number of nitrogens with zero attached hydrogens (tertiary/aromatic N) is 3. The normalized spacial score (nSPS) is 17.2. The van der Waals surface area contributed by atoms with Crippen LogP contribution in [0.15, 0.2) is 24.5 Å². The van der Waals surface area contributed by atoms with Crippen molar-refractivity contribution in [1.82, 2.24) is 14.8 Å². The summed E-state index contributed by atoms with van der Waals surface area (Å²) in [6.45, 7) is 6.53. The standard InChI is InChI=1S/C18H30N4O/c1-16(17-7-6-10-20-15-17)21-11-13-22(14-12-21)18(23)8-4-2-3-5-9-19/h6-7,10,15-16H,2-5,8-9,11-14,19H2,1H3. The van der Waals surface area contributed by atoms with E-state index in [2.05, 4.69) is 22.9 Å². The molecule has 1 aliphatic rings. The van der Waals surface area contributed by atoms with Gasteiger partial charge in [-0.25, -0.2) is 0 Å². The van der Waals surface area contributed by atoms with E-state index in [4.69, 9.17) is 5.73 Å². The van der Waals surface area contributed by atoms with Crippen LogP contribution < -0.4 is 5.73 Å². The lowest BCUT2D eigenvalue weighted by Gasteiger charge is -2.38. The van der Waals surface area contributed by atoms with Gasteiger partial charge < -0.3 is 10.6 Å². The molecule has 5 nitrogen and oxygen atoms in total. The molecule has 0 aliphatic carbocycles. The van der Waals surface area contributed by atoms with Gasteiger partial charge in [-0.2, -0.15) is 0 Å². The molecule has 0 radical (unpaired) electrons. The summed E-state index contributed by atoms with van der Waals surface area (Å²) in [5.41, 5.74) is 6.73. The summed E-state index contributed by atoms with van der Waals surface area (Å²) < 4.78 is 0. The molecule has 5 heteroatoms. The summed E-state index contributed by atoms with van der Waals surface area (Å²) in [4.78, 5) is 20.9. The summed E-state index contributed by atoms with van der Waals surface area (Å²) in [6, 6.07) is 4.46. The average Bonchev–Trinajstić information content (AvgIpc) is 2.61. The summed E-state index contributed by atoms with van der Waals surface area (Å²) in [5.74, 6) is 0.312. The van der Waals surface area contributed by atoms with Crippen molar-refractivity contribution in [3.63, 3.8) is 0 Å². The van der Waals surface area contributed by atoms with Gasteiger partial charge in [0.2, 0.25) is 5.91 Å². The lowest BCUT2D eigenvalue weighted by molar-refractivity contribution is -0.133. The van der Waals surface area contributed by atoms with Gasteiger partial charge in [0.05, 0.1) is 0 Å². The molecule has 1 aromatic heterocycles. The quantitative estimate of drug-likeness (QED) is 0.746. The van der Waals surface area contributed by atoms with Crippen molar-refractivity contribution < 1.29 is 4.79 Å². The zero-order valence-corrected chi connectivity index (χ0v) is 14.3. The van der Waals surface area contributed by atoms with Gasteiger partial charge in [0.25, 0.3) is 0 Å². The summed E-state index contributed by atoms with van der Waals surface area (Å²) >= 11 is 0. The van der Waals surface area contributed by atoms with E-state index in [1.54, 1.807) is 6.20 Å². The van der Waals surface area contributed by atoms with Gasteiger partial charge in [-0.05, 0) is 37.9 Å². The first-order valence-corrected chi connectivity index (χ1v) is 8.84. The molecule has 2 heterocycles. The van der Waals surface area contributed by atoms with Crippen molar-refractivity contribution in [3.05, 3.63) is 30.1 Å². The first-order chi connectivity index (χ1) is 11.2. The third-order valence-electron chi connectivity index (χ3n) is 4.73. The number of nitrogens with two attached hydrogens (primary N) is 1. The fraction of sp³-hybridized carbons (Fsp3) is 0.667. The molecule has 1 unspecified atom stereocenters. The van der Waals surface area contributed by atoms with E-state index < -0.39 is 0 Å². The number of rotatable bonds is 8. The summed E-state index contributed by atoms with van der Waals surface area (Å²) in [7, 11) is 0. The summed E-state index contributed by atoms with van der Waals surface area (Å²) in [5, 5.41) is 0. The Bertz CT molecular complexity index is 457. The minimum Gasteiger partial charge on any atom is -0.340 e. The number of hydrogen-bond acceptors (Lipinski definition) is 4. The third-order valence-corrected chi connectivity index (χ3v) is 4.73. The highest BCUT2D eigenvalue weighted by Crippen LogP contribution is 2.21. The first kappa shape index (κ1) is 17.9. The van der Waals surface area contributed by atoms with Gasteiger partial charge in [-0.15, -0.1) is 0 Å². The fourth-order valence-electron chi connectivity index (χ4n) is 3.12. The van der Waals surface area contributed by atoms with Gasteiger partial charge in [0.1, 0.15) is 0 Å². The maximum Gasteiger partial charge on any atom is 0.222 e. The van der Waals surface area contributed by atoms with Gasteiger partial charge in [0, 0.05) is 51.0 Å². The van der Waals surface area contributed by atoms with Gasteiger partial charge in [0.15, 0.2) is 0 Å². The van der Waals surface area contributed by atoms with Crippen LogP contribution in [0, 0.1) is 0 Å². The number of carbonyl (C=O) groups is 1. The van der Waals surface area contributed by atoms with Crippen LogP contribution in [0.4, 0.5) is 0 Å². The third kappa shape index (κ3) is 5.59. The second-order valence-corrected chi connectivity index (χ2v) is 6.33. The molecule has 0 saturated carbocycles. The van der Waals surface area contributed by atoms with Crippen LogP contribution in [0.25, 0.3) is 0 Å². The Morgan fingerprint density at radius 2 is 1.96 bits per heavy atom. The topological polar surface area (TPSA) is 62.5 Å². The molecule has 1 saturated heterocycles. The first-order valence-electron chi connectivity index (χ1n) is 8.84. The largest absolute Gasteiger partial charge is 0.340 e. The Balaban J connectivity index is 1.70. The maximum atomic E-state index is 12.3. The van der Waals surface area contributed by atoms with Crippen molar-refractivity contribution in [3.8, 4) is 0 Å². The van der Waals surface area contributed by atoms with Crippen LogP contribution in [0.3, 0.4) is 0 Å². The second kappa shape index (κ2) is 9.63. The van der Waals surface area contributed by atoms with Crippen LogP contribution in [-0.2, 0) is 4.79 Å². The van der Waals surface area contributed by atoms with Crippen molar-refractivity contribution in [2.75, 3.05) is 32.7 Å². The van der Waals surface area contributed by atoms with Crippen molar-refractivity contribution in [1.29, 1.82) is 0 Å². The predicted molar refractivity (Wildman–Crippen MR) is 92.9 cm³/mol. The Hall–Kier alpha value is -1.46. The van der Waals surface area contributed by atoms with Gasteiger partial charge >= 0.3 is 0 Å². The van der Waals surface area contributed by atoms with Crippen LogP contribution in [0.5, 0.6) is 0 Å². The van der Waals surface area contributed by atoms with Crippen LogP contribution in [0.1, 0.15) is 50.6 Å². The minimum atomic E-state index is 0.312. The Morgan fingerprint density at radius 1 is 1.22 bits per heavy atom. The Morgan fingerprint density at radius 3 is 2.61 bits per heavy atom. The van der Waals surface area contributed by atoms with E-state index in [0.717, 1.165) is 58.4 Å². The lowest BCUT2D eigenvalue weighted by Crippen LogP contribution is -2.49. The lowest BCUT2D eigenvalue weighted by atomic mass is 10.1. The molecular weight excluding hydrogens is 288 g/mol. The minimum absolute atomic E-state index is 0.312.